The van der Waals surface area contributed by atoms with E-state index in [1.54, 1.807) is 19.3 Å². The van der Waals surface area contributed by atoms with Gasteiger partial charge in [0.1, 0.15) is 0 Å². The number of amidine groups is 1. The molecule has 0 radical (unpaired) electrons. The van der Waals surface area contributed by atoms with Crippen LogP contribution in [-0.2, 0) is 4.79 Å². The zero-order valence-corrected chi connectivity index (χ0v) is 16.8. The maximum atomic E-state index is 12.3. The highest BCUT2D eigenvalue weighted by Gasteiger charge is 2.24. The lowest BCUT2D eigenvalue weighted by Gasteiger charge is -2.09. The number of nitrogens with zero attached hydrogens (tertiary/aromatic N) is 1. The van der Waals surface area contributed by atoms with Crippen LogP contribution in [0.1, 0.15) is 18.1 Å². The van der Waals surface area contributed by atoms with Crippen molar-refractivity contribution in [2.24, 2.45) is 4.99 Å². The summed E-state index contributed by atoms with van der Waals surface area (Å²) in [4.78, 5) is 17.4. The van der Waals surface area contributed by atoms with E-state index in [-0.39, 0.29) is 5.91 Å². The second kappa shape index (κ2) is 8.50. The van der Waals surface area contributed by atoms with Gasteiger partial charge in [0.15, 0.2) is 16.7 Å². The van der Waals surface area contributed by atoms with E-state index in [9.17, 15) is 4.79 Å². The molecule has 0 spiro atoms. The molecule has 2 aromatic carbocycles. The summed E-state index contributed by atoms with van der Waals surface area (Å²) in [6, 6.07) is 11.0. The summed E-state index contributed by atoms with van der Waals surface area (Å²) < 4.78 is 10.9. The van der Waals surface area contributed by atoms with Gasteiger partial charge in [0.25, 0.3) is 5.91 Å². The molecule has 0 aromatic heterocycles. The van der Waals surface area contributed by atoms with Gasteiger partial charge in [-0.15, -0.1) is 0 Å². The van der Waals surface area contributed by atoms with Gasteiger partial charge in [-0.25, -0.2) is 4.99 Å². The molecule has 1 aliphatic heterocycles. The smallest absolute Gasteiger partial charge is 0.264 e. The van der Waals surface area contributed by atoms with Crippen LogP contribution in [0.25, 0.3) is 6.08 Å². The topological polar surface area (TPSA) is 59.9 Å². The second-order valence-electron chi connectivity index (χ2n) is 5.76. The molecule has 1 N–H and O–H groups in total. The van der Waals surface area contributed by atoms with Crippen molar-refractivity contribution < 1.29 is 14.3 Å². The lowest BCUT2D eigenvalue weighted by Crippen LogP contribution is -2.19. The fourth-order valence-corrected chi connectivity index (χ4v) is 3.50. The van der Waals surface area contributed by atoms with Gasteiger partial charge in [-0.05, 0) is 67.1 Å². The molecule has 0 aliphatic carbocycles. The van der Waals surface area contributed by atoms with Gasteiger partial charge in [-0.3, -0.25) is 4.79 Å². The average molecular weight is 403 g/mol. The fourth-order valence-electron chi connectivity index (χ4n) is 2.50. The summed E-state index contributed by atoms with van der Waals surface area (Å²) in [5, 5.41) is 3.92. The number of aryl methyl sites for hydroxylation is 1. The van der Waals surface area contributed by atoms with Gasteiger partial charge in [-0.1, -0.05) is 23.7 Å². The van der Waals surface area contributed by atoms with E-state index in [0.29, 0.717) is 33.2 Å². The Hall–Kier alpha value is -2.44. The number of amides is 1. The predicted molar refractivity (Wildman–Crippen MR) is 111 cm³/mol. The van der Waals surface area contributed by atoms with Crippen LogP contribution in [0.4, 0.5) is 5.69 Å². The van der Waals surface area contributed by atoms with Gasteiger partial charge < -0.3 is 14.8 Å². The minimum absolute atomic E-state index is 0.188. The van der Waals surface area contributed by atoms with Crippen LogP contribution in [0, 0.1) is 6.92 Å². The standard InChI is InChI=1S/C20H19ClN2O3S/c1-4-26-17-9-13(6-8-16(17)25-3)10-18-19(24)23-20(27-18)22-15-11-14(21)7-5-12(15)2/h5-11H,4H2,1-3H3,(H,22,23,24)/b18-10-. The molecular formula is C20H19ClN2O3S. The van der Waals surface area contributed by atoms with Crippen LogP contribution in [0.3, 0.4) is 0 Å². The van der Waals surface area contributed by atoms with Gasteiger partial charge >= 0.3 is 0 Å². The third kappa shape index (κ3) is 4.64. The normalized spacial score (nSPS) is 16.7. The van der Waals surface area contributed by atoms with Crippen molar-refractivity contribution in [3.05, 3.63) is 57.5 Å². The molecule has 0 bridgehead atoms. The molecule has 1 amide bonds. The number of hydrogen-bond acceptors (Lipinski definition) is 5. The Balaban J connectivity index is 1.86. The third-order valence-electron chi connectivity index (χ3n) is 3.83. The summed E-state index contributed by atoms with van der Waals surface area (Å²) in [6.45, 7) is 4.38. The molecule has 0 atom stereocenters. The number of ether oxygens (including phenoxy) is 2. The summed E-state index contributed by atoms with van der Waals surface area (Å²) in [5.74, 6) is 1.11. The van der Waals surface area contributed by atoms with Crippen molar-refractivity contribution in [1.29, 1.82) is 0 Å². The Bertz CT molecular complexity index is 941. The van der Waals surface area contributed by atoms with E-state index in [2.05, 4.69) is 10.3 Å². The monoisotopic (exact) mass is 402 g/mol. The number of benzene rings is 2. The van der Waals surface area contributed by atoms with Crippen molar-refractivity contribution in [2.45, 2.75) is 13.8 Å². The molecule has 1 saturated heterocycles. The number of halogens is 1. The highest BCUT2D eigenvalue weighted by molar-refractivity contribution is 8.18. The Kier molecular flexibility index (Phi) is 6.08. The quantitative estimate of drug-likeness (QED) is 0.719. The first kappa shape index (κ1) is 19.3. The number of carbonyl (C=O) groups excluding carboxylic acids is 1. The number of methoxy groups -OCH3 is 1. The molecule has 2 aromatic rings. The summed E-state index contributed by atoms with van der Waals surface area (Å²) in [7, 11) is 1.59. The Labute approximate surface area is 167 Å². The molecule has 7 heteroatoms. The third-order valence-corrected chi connectivity index (χ3v) is 4.97. The summed E-state index contributed by atoms with van der Waals surface area (Å²) in [6.07, 6.45) is 1.80. The van der Waals surface area contributed by atoms with Crippen molar-refractivity contribution in [3.8, 4) is 11.5 Å². The van der Waals surface area contributed by atoms with E-state index < -0.39 is 0 Å². The molecule has 5 nitrogen and oxygen atoms in total. The van der Waals surface area contributed by atoms with Crippen molar-refractivity contribution in [3.63, 3.8) is 0 Å². The Morgan fingerprint density at radius 3 is 2.78 bits per heavy atom. The molecule has 0 saturated carbocycles. The van der Waals surface area contributed by atoms with Crippen molar-refractivity contribution >= 4 is 46.2 Å². The largest absolute Gasteiger partial charge is 0.493 e. The number of hydrogen-bond donors (Lipinski definition) is 1. The Morgan fingerprint density at radius 2 is 2.04 bits per heavy atom. The highest BCUT2D eigenvalue weighted by atomic mass is 35.5. The zero-order valence-electron chi connectivity index (χ0n) is 15.2. The maximum Gasteiger partial charge on any atom is 0.264 e. The van der Waals surface area contributed by atoms with Crippen LogP contribution in [0.5, 0.6) is 11.5 Å². The summed E-state index contributed by atoms with van der Waals surface area (Å²) in [5.41, 5.74) is 2.56. The van der Waals surface area contributed by atoms with Gasteiger partial charge in [0.05, 0.1) is 24.3 Å². The van der Waals surface area contributed by atoms with E-state index in [4.69, 9.17) is 21.1 Å². The lowest BCUT2D eigenvalue weighted by molar-refractivity contribution is -0.115. The summed E-state index contributed by atoms with van der Waals surface area (Å²) >= 11 is 7.32. The molecule has 1 heterocycles. The van der Waals surface area contributed by atoms with Gasteiger partial charge in [0.2, 0.25) is 0 Å². The number of carbonyl (C=O) groups is 1. The van der Waals surface area contributed by atoms with Gasteiger partial charge in [0, 0.05) is 5.02 Å². The molecule has 1 aliphatic rings. The fraction of sp³-hybridized carbons (Fsp3) is 0.200. The number of nitrogens with one attached hydrogen (secondary N) is 1. The molecule has 27 heavy (non-hydrogen) atoms. The van der Waals surface area contributed by atoms with Gasteiger partial charge in [-0.2, -0.15) is 0 Å². The first-order valence-corrected chi connectivity index (χ1v) is 9.56. The second-order valence-corrected chi connectivity index (χ2v) is 7.22. The van der Waals surface area contributed by atoms with Crippen LogP contribution in [-0.4, -0.2) is 24.8 Å². The zero-order chi connectivity index (χ0) is 19.4. The van der Waals surface area contributed by atoms with E-state index in [0.717, 1.165) is 16.8 Å². The lowest BCUT2D eigenvalue weighted by atomic mass is 10.2. The van der Waals surface area contributed by atoms with Crippen LogP contribution < -0.4 is 14.8 Å². The predicted octanol–water partition coefficient (Wildman–Crippen LogP) is 4.95. The highest BCUT2D eigenvalue weighted by Crippen LogP contribution is 2.33. The minimum Gasteiger partial charge on any atom is -0.493 e. The maximum absolute atomic E-state index is 12.3. The molecule has 1 fully saturated rings. The molecule has 3 rings (SSSR count). The first-order valence-electron chi connectivity index (χ1n) is 8.36. The number of thioether (sulfide) groups is 1. The Morgan fingerprint density at radius 1 is 1.22 bits per heavy atom. The minimum atomic E-state index is -0.188. The van der Waals surface area contributed by atoms with E-state index in [1.807, 2.05) is 44.2 Å². The molecular weight excluding hydrogens is 384 g/mol. The average Bonchev–Trinajstić information content (AvgIpc) is 2.98. The molecule has 140 valence electrons. The van der Waals surface area contributed by atoms with Crippen LogP contribution in [0.15, 0.2) is 46.3 Å². The molecule has 0 unspecified atom stereocenters. The van der Waals surface area contributed by atoms with E-state index in [1.165, 1.54) is 11.8 Å². The first-order chi connectivity index (χ1) is 13.0. The number of aliphatic imine (C=N–C) groups is 1. The number of rotatable bonds is 5. The van der Waals surface area contributed by atoms with Crippen molar-refractivity contribution in [1.82, 2.24) is 5.32 Å². The SMILES string of the molecule is CCOc1cc(/C=C2\SC(=Nc3cc(Cl)ccc3C)NC2=O)ccc1OC. The van der Waals surface area contributed by atoms with Crippen molar-refractivity contribution in [2.75, 3.05) is 13.7 Å². The van der Waals surface area contributed by atoms with Crippen LogP contribution in [0.2, 0.25) is 5.02 Å². The van der Waals surface area contributed by atoms with E-state index >= 15 is 0 Å². The van der Waals surface area contributed by atoms with Crippen LogP contribution >= 0.6 is 23.4 Å².